The number of rotatable bonds is 1. The summed E-state index contributed by atoms with van der Waals surface area (Å²) in [6.07, 6.45) is 3.18. The average Bonchev–Trinajstić information content (AvgIpc) is 3.39. The van der Waals surface area contributed by atoms with Gasteiger partial charge < -0.3 is 10.3 Å². The number of nitrogens with one attached hydrogen (secondary N) is 2. The second-order valence-electron chi connectivity index (χ2n) is 7.58. The highest BCUT2D eigenvalue weighted by Crippen LogP contribution is 2.54. The zero-order chi connectivity index (χ0) is 19.9. The van der Waals surface area contributed by atoms with Gasteiger partial charge in [0.25, 0.3) is 5.91 Å². The molecule has 3 aromatic rings. The molecule has 3 aliphatic rings. The Hall–Kier alpha value is -3.87. The number of hydrogen-bond acceptors (Lipinski definition) is 4. The predicted octanol–water partition coefficient (Wildman–Crippen LogP) is 1.93. The number of para-hydroxylation sites is 2. The van der Waals surface area contributed by atoms with Crippen LogP contribution in [-0.4, -0.2) is 45.7 Å². The van der Waals surface area contributed by atoms with Gasteiger partial charge in [-0.2, -0.15) is 0 Å². The predicted molar refractivity (Wildman–Crippen MR) is 106 cm³/mol. The van der Waals surface area contributed by atoms with Crippen molar-refractivity contribution >= 4 is 34.3 Å². The molecule has 0 radical (unpaired) electrons. The summed E-state index contributed by atoms with van der Waals surface area (Å²) < 4.78 is 0. The summed E-state index contributed by atoms with van der Waals surface area (Å²) in [6, 6.07) is 15.7. The number of imide groups is 1. The number of anilines is 1. The van der Waals surface area contributed by atoms with E-state index in [-0.39, 0.29) is 5.70 Å². The monoisotopic (exact) mass is 384 g/mol. The number of aromatic nitrogens is 1. The minimum absolute atomic E-state index is 0.231. The minimum Gasteiger partial charge on any atom is -0.363 e. The second kappa shape index (κ2) is 5.14. The molecule has 2 N–H and O–H groups in total. The van der Waals surface area contributed by atoms with Crippen LogP contribution in [0.1, 0.15) is 11.1 Å². The van der Waals surface area contributed by atoms with E-state index in [0.29, 0.717) is 0 Å². The molecule has 2 aromatic carbocycles. The quantitative estimate of drug-likeness (QED) is 0.496. The van der Waals surface area contributed by atoms with Gasteiger partial charge in [-0.3, -0.25) is 24.2 Å². The zero-order valence-electron chi connectivity index (χ0n) is 15.5. The first-order chi connectivity index (χ1) is 14.0. The minimum atomic E-state index is -0.820. The highest BCUT2D eigenvalue weighted by Gasteiger charge is 2.61. The van der Waals surface area contributed by atoms with Gasteiger partial charge >= 0.3 is 11.8 Å². The van der Waals surface area contributed by atoms with Gasteiger partial charge in [0.15, 0.2) is 0 Å². The Morgan fingerprint density at radius 2 is 1.66 bits per heavy atom. The fourth-order valence-corrected chi connectivity index (χ4v) is 4.91. The highest BCUT2D eigenvalue weighted by molar-refractivity contribution is 6.42. The Morgan fingerprint density at radius 1 is 0.897 bits per heavy atom. The molecule has 6 rings (SSSR count). The number of benzene rings is 2. The van der Waals surface area contributed by atoms with Crippen LogP contribution in [0.15, 0.2) is 66.5 Å². The van der Waals surface area contributed by atoms with Crippen molar-refractivity contribution in [3.8, 4) is 0 Å². The molecule has 1 aromatic heterocycles. The lowest BCUT2D eigenvalue weighted by atomic mass is 9.74. The van der Waals surface area contributed by atoms with Gasteiger partial charge in [-0.1, -0.05) is 36.4 Å². The Bertz CT molecular complexity index is 1290. The van der Waals surface area contributed by atoms with Crippen LogP contribution < -0.4 is 5.32 Å². The first kappa shape index (κ1) is 16.1. The van der Waals surface area contributed by atoms with Crippen molar-refractivity contribution in [1.82, 2.24) is 14.8 Å². The van der Waals surface area contributed by atoms with Crippen LogP contribution in [0.3, 0.4) is 0 Å². The number of likely N-dealkylation sites (N-methyl/N-ethyl adjacent to an activating group) is 1. The Kier molecular flexibility index (Phi) is 2.86. The number of fused-ring (bicyclic) bond motifs is 6. The number of carbonyl (C=O) groups excluding carboxylic acids is 3. The van der Waals surface area contributed by atoms with Crippen molar-refractivity contribution in [2.45, 2.75) is 11.6 Å². The maximum atomic E-state index is 12.9. The van der Waals surface area contributed by atoms with Gasteiger partial charge in [0.2, 0.25) is 0 Å². The summed E-state index contributed by atoms with van der Waals surface area (Å²) >= 11 is 0. The first-order valence-corrected chi connectivity index (χ1v) is 9.35. The van der Waals surface area contributed by atoms with Gasteiger partial charge in [0, 0.05) is 29.8 Å². The molecule has 7 nitrogen and oxygen atoms in total. The van der Waals surface area contributed by atoms with Gasteiger partial charge in [0.1, 0.15) is 11.9 Å². The molecule has 1 saturated heterocycles. The number of H-pyrrole nitrogens is 1. The van der Waals surface area contributed by atoms with E-state index in [2.05, 4.69) is 10.3 Å². The molecule has 0 spiro atoms. The number of hydrogen-bond donors (Lipinski definition) is 2. The topological polar surface area (TPSA) is 85.5 Å². The van der Waals surface area contributed by atoms with Crippen molar-refractivity contribution in [3.63, 3.8) is 0 Å². The van der Waals surface area contributed by atoms with Gasteiger partial charge in [-0.05, 0) is 29.3 Å². The third-order valence-corrected chi connectivity index (χ3v) is 6.24. The molecule has 4 heterocycles. The van der Waals surface area contributed by atoms with E-state index in [1.807, 2.05) is 60.8 Å². The van der Waals surface area contributed by atoms with Crippen LogP contribution in [0.5, 0.6) is 0 Å². The van der Waals surface area contributed by atoms with Gasteiger partial charge in [0.05, 0.1) is 5.41 Å². The van der Waals surface area contributed by atoms with Crippen LogP contribution in [0.2, 0.25) is 0 Å². The van der Waals surface area contributed by atoms with Crippen molar-refractivity contribution < 1.29 is 14.4 Å². The Balaban J connectivity index is 1.69. The van der Waals surface area contributed by atoms with Crippen LogP contribution in [0, 0.1) is 0 Å². The number of amides is 3. The number of carbonyl (C=O) groups is 3. The zero-order valence-corrected chi connectivity index (χ0v) is 15.5. The molecule has 29 heavy (non-hydrogen) atoms. The van der Waals surface area contributed by atoms with Crippen molar-refractivity contribution in [3.05, 3.63) is 77.6 Å². The largest absolute Gasteiger partial charge is 0.363 e. The lowest BCUT2D eigenvalue weighted by molar-refractivity contribution is -0.159. The Labute approximate surface area is 165 Å². The van der Waals surface area contributed by atoms with E-state index in [0.717, 1.165) is 32.6 Å². The molecule has 0 saturated carbocycles. The lowest BCUT2D eigenvalue weighted by Crippen LogP contribution is -2.58. The van der Waals surface area contributed by atoms with Crippen molar-refractivity contribution in [2.75, 3.05) is 12.4 Å². The molecular formula is C22H16N4O3. The first-order valence-electron chi connectivity index (χ1n) is 9.35. The van der Waals surface area contributed by atoms with E-state index in [9.17, 15) is 14.4 Å². The molecule has 0 aliphatic carbocycles. The van der Waals surface area contributed by atoms with E-state index >= 15 is 0 Å². The molecule has 7 heteroatoms. The fourth-order valence-electron chi connectivity index (χ4n) is 4.91. The summed E-state index contributed by atoms with van der Waals surface area (Å²) in [6.45, 7) is 0. The summed E-state index contributed by atoms with van der Waals surface area (Å²) in [5, 5.41) is 4.40. The van der Waals surface area contributed by atoms with Crippen LogP contribution in [0.25, 0.3) is 10.9 Å². The standard InChI is InChI=1S/C22H16N4O3/c1-25-18(27)17-10-22(14-11-23-15-8-4-2-6-12(14)15)13-7-3-5-9-16(13)24-21(22)26(17)20(29)19(25)28/h2-11,21,23-24H,1H3. The molecule has 1 fully saturated rings. The maximum Gasteiger partial charge on any atom is 0.319 e. The molecule has 0 bridgehead atoms. The molecule has 142 valence electrons. The molecule has 3 amide bonds. The van der Waals surface area contributed by atoms with Crippen LogP contribution in [-0.2, 0) is 19.8 Å². The summed E-state index contributed by atoms with van der Waals surface area (Å²) in [5.74, 6) is -1.99. The van der Waals surface area contributed by atoms with Crippen LogP contribution >= 0.6 is 0 Å². The van der Waals surface area contributed by atoms with E-state index in [1.54, 1.807) is 0 Å². The molecule has 3 aliphatic heterocycles. The van der Waals surface area contributed by atoms with Crippen molar-refractivity contribution in [2.24, 2.45) is 0 Å². The molecule has 2 atom stereocenters. The van der Waals surface area contributed by atoms with Gasteiger partial charge in [-0.25, -0.2) is 0 Å². The van der Waals surface area contributed by atoms with Crippen molar-refractivity contribution in [1.29, 1.82) is 0 Å². The Morgan fingerprint density at radius 3 is 2.52 bits per heavy atom. The molecular weight excluding hydrogens is 368 g/mol. The molecule has 2 unspecified atom stereocenters. The van der Waals surface area contributed by atoms with E-state index in [1.165, 1.54) is 11.9 Å². The summed E-state index contributed by atoms with van der Waals surface area (Å²) in [4.78, 5) is 43.7. The number of aromatic amines is 1. The van der Waals surface area contributed by atoms with Gasteiger partial charge in [-0.15, -0.1) is 0 Å². The van der Waals surface area contributed by atoms with Crippen LogP contribution in [0.4, 0.5) is 5.69 Å². The summed E-state index contributed by atoms with van der Waals surface area (Å²) in [5.41, 5.74) is 3.20. The SMILES string of the molecule is CN1C(=O)C(=O)N2C(=CC3(c4c[nH]c5ccccc45)c4ccccc4NC23)C1=O. The second-order valence-corrected chi connectivity index (χ2v) is 7.58. The van der Waals surface area contributed by atoms with E-state index < -0.39 is 29.3 Å². The number of piperazine rings is 1. The number of nitrogens with zero attached hydrogens (tertiary/aromatic N) is 2. The normalized spacial score (nSPS) is 25.1. The smallest absolute Gasteiger partial charge is 0.319 e. The maximum absolute atomic E-state index is 12.9. The summed E-state index contributed by atoms with van der Waals surface area (Å²) in [7, 11) is 1.34. The fraction of sp³-hybridized carbons (Fsp3) is 0.136. The average molecular weight is 384 g/mol. The third-order valence-electron chi connectivity index (χ3n) is 6.24. The highest BCUT2D eigenvalue weighted by atomic mass is 16.2. The lowest BCUT2D eigenvalue weighted by Gasteiger charge is -2.36. The van der Waals surface area contributed by atoms with E-state index in [4.69, 9.17) is 0 Å². The third kappa shape index (κ3) is 1.75.